The van der Waals surface area contributed by atoms with Crippen molar-refractivity contribution in [3.8, 4) is 0 Å². The first-order valence-corrected chi connectivity index (χ1v) is 9.24. The van der Waals surface area contributed by atoms with Gasteiger partial charge in [-0.05, 0) is 25.1 Å². The minimum Gasteiger partial charge on any atom is -0.379 e. The fourth-order valence-corrected chi connectivity index (χ4v) is 3.93. The van der Waals surface area contributed by atoms with E-state index in [1.807, 2.05) is 24.3 Å². The lowest BCUT2D eigenvalue weighted by molar-refractivity contribution is -0.124. The normalized spacial score (nSPS) is 21.0. The average molecular weight is 349 g/mol. The lowest BCUT2D eigenvalue weighted by Gasteiger charge is -2.26. The summed E-state index contributed by atoms with van der Waals surface area (Å²) in [6.45, 7) is 5.13. The molecule has 2 heterocycles. The Hall–Kier alpha value is -1.57. The molecule has 24 heavy (non-hydrogen) atoms. The molecule has 2 aliphatic rings. The van der Waals surface area contributed by atoms with Crippen LogP contribution >= 0.6 is 11.8 Å². The molecule has 3 rings (SSSR count). The first kappa shape index (κ1) is 17.3. The molecule has 0 aliphatic carbocycles. The third-order valence-corrected chi connectivity index (χ3v) is 5.43. The SMILES string of the molecule is O=C(C[C@@H]1Sc2ccccc2NC1=O)NCCCN1CCOCC1. The Balaban J connectivity index is 1.38. The maximum atomic E-state index is 12.1. The molecule has 2 aliphatic heterocycles. The summed E-state index contributed by atoms with van der Waals surface area (Å²) < 4.78 is 5.31. The Morgan fingerprint density at radius 1 is 1.33 bits per heavy atom. The number of morpholine rings is 1. The standard InChI is InChI=1S/C17H23N3O3S/c21-16(18-6-3-7-20-8-10-23-11-9-20)12-15-17(22)19-13-4-1-2-5-14(13)24-15/h1-2,4-5,15H,3,6-12H2,(H,18,21)(H,19,22)/t15-/m0/s1. The molecular weight excluding hydrogens is 326 g/mol. The smallest absolute Gasteiger partial charge is 0.238 e. The Morgan fingerprint density at radius 3 is 2.96 bits per heavy atom. The van der Waals surface area contributed by atoms with Gasteiger partial charge in [-0.1, -0.05) is 12.1 Å². The zero-order valence-corrected chi connectivity index (χ0v) is 14.4. The second-order valence-electron chi connectivity index (χ2n) is 5.95. The molecule has 0 spiro atoms. The van der Waals surface area contributed by atoms with Gasteiger partial charge in [0.25, 0.3) is 0 Å². The minimum absolute atomic E-state index is 0.0657. The molecule has 0 saturated carbocycles. The highest BCUT2D eigenvalue weighted by atomic mass is 32.2. The van der Waals surface area contributed by atoms with Gasteiger partial charge in [0.05, 0.1) is 24.2 Å². The number of thioether (sulfide) groups is 1. The number of hydrogen-bond donors (Lipinski definition) is 2. The van der Waals surface area contributed by atoms with Gasteiger partial charge in [0.2, 0.25) is 11.8 Å². The van der Waals surface area contributed by atoms with Crippen LogP contribution in [0, 0.1) is 0 Å². The fourth-order valence-electron chi connectivity index (χ4n) is 2.82. The largest absolute Gasteiger partial charge is 0.379 e. The topological polar surface area (TPSA) is 70.7 Å². The van der Waals surface area contributed by atoms with E-state index in [1.165, 1.54) is 11.8 Å². The number of nitrogens with one attached hydrogen (secondary N) is 2. The zero-order chi connectivity index (χ0) is 16.8. The van der Waals surface area contributed by atoms with Gasteiger partial charge >= 0.3 is 0 Å². The monoisotopic (exact) mass is 349 g/mol. The van der Waals surface area contributed by atoms with E-state index in [1.54, 1.807) is 0 Å². The predicted octanol–water partition coefficient (Wildman–Crippen LogP) is 1.33. The summed E-state index contributed by atoms with van der Waals surface area (Å²) in [7, 11) is 0. The third-order valence-electron chi connectivity index (χ3n) is 4.15. The molecule has 0 unspecified atom stereocenters. The van der Waals surface area contributed by atoms with E-state index < -0.39 is 0 Å². The molecule has 6 nitrogen and oxygen atoms in total. The van der Waals surface area contributed by atoms with Crippen molar-refractivity contribution in [3.63, 3.8) is 0 Å². The number of carbonyl (C=O) groups is 2. The van der Waals surface area contributed by atoms with Crippen molar-refractivity contribution in [2.75, 3.05) is 44.7 Å². The summed E-state index contributed by atoms with van der Waals surface area (Å²) in [4.78, 5) is 27.5. The van der Waals surface area contributed by atoms with Crippen LogP contribution in [0.15, 0.2) is 29.2 Å². The quantitative estimate of drug-likeness (QED) is 0.758. The van der Waals surface area contributed by atoms with Crippen LogP contribution < -0.4 is 10.6 Å². The molecule has 0 radical (unpaired) electrons. The number of carbonyl (C=O) groups excluding carboxylic acids is 2. The van der Waals surface area contributed by atoms with Crippen molar-refractivity contribution in [3.05, 3.63) is 24.3 Å². The van der Waals surface area contributed by atoms with Gasteiger partial charge in [-0.15, -0.1) is 11.8 Å². The lowest BCUT2D eigenvalue weighted by atomic mass is 10.2. The third kappa shape index (κ3) is 4.72. The predicted molar refractivity (Wildman–Crippen MR) is 94.2 cm³/mol. The summed E-state index contributed by atoms with van der Waals surface area (Å²) >= 11 is 1.46. The lowest BCUT2D eigenvalue weighted by Crippen LogP contribution is -2.39. The Labute approximate surface area is 146 Å². The van der Waals surface area contributed by atoms with Crippen molar-refractivity contribution in [2.45, 2.75) is 23.0 Å². The molecule has 1 aromatic carbocycles. The number of nitrogens with zero attached hydrogens (tertiary/aromatic N) is 1. The number of ether oxygens (including phenoxy) is 1. The molecule has 2 amide bonds. The van der Waals surface area contributed by atoms with Crippen molar-refractivity contribution in [2.24, 2.45) is 0 Å². The first-order chi connectivity index (χ1) is 11.7. The van der Waals surface area contributed by atoms with Gasteiger partial charge in [-0.2, -0.15) is 0 Å². The van der Waals surface area contributed by atoms with E-state index in [0.29, 0.717) is 6.54 Å². The van der Waals surface area contributed by atoms with Gasteiger partial charge in [-0.3, -0.25) is 14.5 Å². The van der Waals surface area contributed by atoms with E-state index in [9.17, 15) is 9.59 Å². The van der Waals surface area contributed by atoms with E-state index in [4.69, 9.17) is 4.74 Å². The zero-order valence-electron chi connectivity index (χ0n) is 13.6. The van der Waals surface area contributed by atoms with Gasteiger partial charge in [-0.25, -0.2) is 0 Å². The molecule has 130 valence electrons. The summed E-state index contributed by atoms with van der Waals surface area (Å²) in [5.74, 6) is -0.161. The number of hydrogen-bond acceptors (Lipinski definition) is 5. The van der Waals surface area contributed by atoms with Crippen LogP contribution in [0.4, 0.5) is 5.69 Å². The molecule has 1 aromatic rings. The maximum absolute atomic E-state index is 12.1. The Kier molecular flexibility index (Phi) is 6.12. The van der Waals surface area contributed by atoms with Gasteiger partial charge in [0.1, 0.15) is 0 Å². The number of benzene rings is 1. The highest BCUT2D eigenvalue weighted by Crippen LogP contribution is 2.36. The van der Waals surface area contributed by atoms with Crippen LogP contribution in [-0.4, -0.2) is 61.4 Å². The second kappa shape index (κ2) is 8.50. The van der Waals surface area contributed by atoms with Gasteiger partial charge in [0, 0.05) is 31.0 Å². The Bertz CT molecular complexity index is 590. The van der Waals surface area contributed by atoms with Crippen LogP contribution in [0.5, 0.6) is 0 Å². The molecule has 0 aromatic heterocycles. The van der Waals surface area contributed by atoms with Crippen LogP contribution in [-0.2, 0) is 14.3 Å². The first-order valence-electron chi connectivity index (χ1n) is 8.36. The highest BCUT2D eigenvalue weighted by Gasteiger charge is 2.28. The number of fused-ring (bicyclic) bond motifs is 1. The molecule has 7 heteroatoms. The van der Waals surface area contributed by atoms with Crippen LogP contribution in [0.25, 0.3) is 0 Å². The number of anilines is 1. The summed E-state index contributed by atoms with van der Waals surface area (Å²) in [5.41, 5.74) is 0.828. The maximum Gasteiger partial charge on any atom is 0.238 e. The van der Waals surface area contributed by atoms with E-state index in [0.717, 1.165) is 49.9 Å². The molecule has 1 fully saturated rings. The summed E-state index contributed by atoms with van der Waals surface area (Å²) in [6.07, 6.45) is 1.13. The van der Waals surface area contributed by atoms with E-state index in [2.05, 4.69) is 15.5 Å². The van der Waals surface area contributed by atoms with Crippen molar-refractivity contribution in [1.82, 2.24) is 10.2 Å². The van der Waals surface area contributed by atoms with E-state index >= 15 is 0 Å². The van der Waals surface area contributed by atoms with Crippen LogP contribution in [0.3, 0.4) is 0 Å². The molecule has 1 saturated heterocycles. The Morgan fingerprint density at radius 2 is 2.12 bits per heavy atom. The summed E-state index contributed by atoms with van der Waals surface area (Å²) in [5, 5.41) is 5.43. The number of rotatable bonds is 6. The fraction of sp³-hybridized carbons (Fsp3) is 0.529. The van der Waals surface area contributed by atoms with Crippen molar-refractivity contribution < 1.29 is 14.3 Å². The molecule has 0 bridgehead atoms. The van der Waals surface area contributed by atoms with Crippen LogP contribution in [0.1, 0.15) is 12.8 Å². The van der Waals surface area contributed by atoms with Crippen molar-refractivity contribution in [1.29, 1.82) is 0 Å². The minimum atomic E-state index is -0.362. The number of amides is 2. The van der Waals surface area contributed by atoms with Gasteiger partial charge in [0.15, 0.2) is 0 Å². The second-order valence-corrected chi connectivity index (χ2v) is 7.20. The summed E-state index contributed by atoms with van der Waals surface area (Å²) in [6, 6.07) is 7.67. The molecular formula is C17H23N3O3S. The van der Waals surface area contributed by atoms with Gasteiger partial charge < -0.3 is 15.4 Å². The molecule has 1 atom stereocenters. The number of para-hydroxylation sites is 1. The molecule has 2 N–H and O–H groups in total. The highest BCUT2D eigenvalue weighted by molar-refractivity contribution is 8.01. The van der Waals surface area contributed by atoms with E-state index in [-0.39, 0.29) is 23.5 Å². The van der Waals surface area contributed by atoms with Crippen molar-refractivity contribution >= 4 is 29.3 Å². The van der Waals surface area contributed by atoms with Crippen LogP contribution in [0.2, 0.25) is 0 Å². The average Bonchev–Trinajstić information content (AvgIpc) is 2.60.